The minimum absolute atomic E-state index is 0.0388. The molecule has 11 heteroatoms. The van der Waals surface area contributed by atoms with E-state index in [2.05, 4.69) is 33.1 Å². The molecular weight excluding hydrogens is 596 g/mol. The summed E-state index contributed by atoms with van der Waals surface area (Å²) in [6.07, 6.45) is 1.37. The van der Waals surface area contributed by atoms with Crippen LogP contribution >= 0.6 is 45.8 Å². The number of ether oxygens (including phenoxy) is 1. The van der Waals surface area contributed by atoms with Gasteiger partial charge in [-0.3, -0.25) is 14.9 Å². The van der Waals surface area contributed by atoms with Gasteiger partial charge in [0.15, 0.2) is 11.5 Å². The van der Waals surface area contributed by atoms with Crippen LogP contribution in [0.2, 0.25) is 10.0 Å². The van der Waals surface area contributed by atoms with Gasteiger partial charge in [-0.25, -0.2) is 5.43 Å². The van der Waals surface area contributed by atoms with E-state index in [4.69, 9.17) is 32.4 Å². The van der Waals surface area contributed by atoms with Crippen molar-refractivity contribution in [2.45, 2.75) is 6.61 Å². The van der Waals surface area contributed by atoms with Crippen molar-refractivity contribution < 1.29 is 18.9 Å². The van der Waals surface area contributed by atoms with Gasteiger partial charge in [-0.1, -0.05) is 35.3 Å². The quantitative estimate of drug-likeness (QED) is 0.110. The first-order chi connectivity index (χ1) is 16.3. The van der Waals surface area contributed by atoms with E-state index in [1.807, 2.05) is 24.3 Å². The number of carbonyl (C=O) groups excluding carboxylic acids is 1. The maximum atomic E-state index is 12.3. The Bertz CT molecular complexity index is 1400. The molecule has 0 spiro atoms. The topological polar surface area (TPSA) is 107 Å². The lowest BCUT2D eigenvalue weighted by atomic mass is 10.2. The summed E-state index contributed by atoms with van der Waals surface area (Å²) in [4.78, 5) is 22.7. The lowest BCUT2D eigenvalue weighted by molar-refractivity contribution is -0.384. The molecule has 4 aromatic rings. The number of rotatable bonds is 7. The zero-order chi connectivity index (χ0) is 24.2. The third-order valence-electron chi connectivity index (χ3n) is 4.63. The number of non-ortho nitro benzene ring substituents is 1. The first-order valence-electron chi connectivity index (χ1n) is 9.68. The van der Waals surface area contributed by atoms with Crippen molar-refractivity contribution in [1.82, 2.24) is 5.43 Å². The van der Waals surface area contributed by atoms with Gasteiger partial charge in [0.2, 0.25) is 0 Å². The number of benzene rings is 3. The summed E-state index contributed by atoms with van der Waals surface area (Å²) in [5.41, 5.74) is 4.09. The van der Waals surface area contributed by atoms with Gasteiger partial charge in [0.25, 0.3) is 5.69 Å². The molecule has 0 aliphatic heterocycles. The third kappa shape index (κ3) is 5.66. The van der Waals surface area contributed by atoms with Crippen LogP contribution in [0.3, 0.4) is 0 Å². The van der Waals surface area contributed by atoms with Crippen LogP contribution in [0.4, 0.5) is 5.69 Å². The second-order valence-corrected chi connectivity index (χ2v) is 9.08. The van der Waals surface area contributed by atoms with Crippen molar-refractivity contribution in [2.75, 3.05) is 0 Å². The fourth-order valence-corrected chi connectivity index (χ4v) is 3.98. The van der Waals surface area contributed by atoms with Gasteiger partial charge in [0.1, 0.15) is 12.2 Å². The Morgan fingerprint density at radius 3 is 2.50 bits per heavy atom. The maximum Gasteiger partial charge on any atom is 0.307 e. The molecule has 0 aliphatic rings. The number of carbonyl (C=O) groups is 1. The van der Waals surface area contributed by atoms with Crippen LogP contribution < -0.4 is 10.2 Å². The van der Waals surface area contributed by atoms with E-state index >= 15 is 0 Å². The van der Waals surface area contributed by atoms with Crippen LogP contribution in [-0.4, -0.2) is 17.0 Å². The molecule has 34 heavy (non-hydrogen) atoms. The molecule has 0 aliphatic carbocycles. The highest BCUT2D eigenvalue weighted by molar-refractivity contribution is 14.1. The standard InChI is InChI=1S/C23H14Cl2IN3O5/c24-18-7-14(8-19(25)22(18)33-12-13-1-3-16(26)4-2-13)11-27-28-23(30)21-10-15-9-17(29(31)32)5-6-20(15)34-21/h1-11H,12H2,(H,28,30)/b27-11-. The number of hydrazone groups is 1. The van der Waals surface area contributed by atoms with Crippen molar-refractivity contribution in [2.24, 2.45) is 5.10 Å². The predicted molar refractivity (Wildman–Crippen MR) is 138 cm³/mol. The van der Waals surface area contributed by atoms with E-state index in [1.54, 1.807) is 12.1 Å². The fourth-order valence-electron chi connectivity index (χ4n) is 3.00. The molecule has 0 bridgehead atoms. The maximum absolute atomic E-state index is 12.3. The first-order valence-corrected chi connectivity index (χ1v) is 11.5. The summed E-state index contributed by atoms with van der Waals surface area (Å²) in [6, 6.07) is 16.5. The molecule has 0 fully saturated rings. The Morgan fingerprint density at radius 2 is 1.82 bits per heavy atom. The third-order valence-corrected chi connectivity index (χ3v) is 5.91. The summed E-state index contributed by atoms with van der Waals surface area (Å²) in [6.45, 7) is 0.306. The highest BCUT2D eigenvalue weighted by Gasteiger charge is 2.15. The van der Waals surface area contributed by atoms with Gasteiger partial charge in [-0.15, -0.1) is 0 Å². The predicted octanol–water partition coefficient (Wildman–Crippen LogP) is 6.60. The molecule has 8 nitrogen and oxygen atoms in total. The minimum Gasteiger partial charge on any atom is -0.486 e. The van der Waals surface area contributed by atoms with Crippen LogP contribution in [0.25, 0.3) is 11.0 Å². The number of nitrogens with one attached hydrogen (secondary N) is 1. The second-order valence-electron chi connectivity index (χ2n) is 7.02. The van der Waals surface area contributed by atoms with Crippen molar-refractivity contribution >= 4 is 74.6 Å². The molecule has 172 valence electrons. The number of furan rings is 1. The van der Waals surface area contributed by atoms with Crippen molar-refractivity contribution in [3.63, 3.8) is 0 Å². The average Bonchev–Trinajstić information content (AvgIpc) is 3.23. The molecule has 1 heterocycles. The van der Waals surface area contributed by atoms with Gasteiger partial charge < -0.3 is 9.15 Å². The van der Waals surface area contributed by atoms with Gasteiger partial charge in [0.05, 0.1) is 21.2 Å². The Kier molecular flexibility index (Phi) is 7.35. The van der Waals surface area contributed by atoms with E-state index < -0.39 is 10.8 Å². The Labute approximate surface area is 216 Å². The van der Waals surface area contributed by atoms with Gasteiger partial charge in [-0.05, 0) is 70.1 Å². The molecular formula is C23H14Cl2IN3O5. The van der Waals surface area contributed by atoms with Crippen LogP contribution in [0, 0.1) is 13.7 Å². The van der Waals surface area contributed by atoms with Gasteiger partial charge >= 0.3 is 5.91 Å². The SMILES string of the molecule is O=C(N/N=C\c1cc(Cl)c(OCc2ccc(I)cc2)c(Cl)c1)c1cc2cc([N+](=O)[O-])ccc2o1. The van der Waals surface area contributed by atoms with Gasteiger partial charge in [0, 0.05) is 21.1 Å². The molecule has 0 unspecified atom stereocenters. The molecule has 1 aromatic heterocycles. The Balaban J connectivity index is 1.41. The monoisotopic (exact) mass is 609 g/mol. The summed E-state index contributed by atoms with van der Waals surface area (Å²) in [5.74, 6) is -0.313. The summed E-state index contributed by atoms with van der Waals surface area (Å²) in [7, 11) is 0. The van der Waals surface area contributed by atoms with Crippen LogP contribution in [0.15, 0.2) is 70.2 Å². The van der Waals surface area contributed by atoms with Crippen molar-refractivity contribution in [1.29, 1.82) is 0 Å². The number of hydrogen-bond acceptors (Lipinski definition) is 6. The molecule has 0 saturated carbocycles. The summed E-state index contributed by atoms with van der Waals surface area (Å²) >= 11 is 14.9. The highest BCUT2D eigenvalue weighted by atomic mass is 127. The molecule has 0 atom stereocenters. The molecule has 1 N–H and O–H groups in total. The van der Waals surface area contributed by atoms with E-state index in [0.717, 1.165) is 9.13 Å². The van der Waals surface area contributed by atoms with Crippen LogP contribution in [0.1, 0.15) is 21.7 Å². The van der Waals surface area contributed by atoms with E-state index in [0.29, 0.717) is 38.9 Å². The largest absolute Gasteiger partial charge is 0.486 e. The van der Waals surface area contributed by atoms with Gasteiger partial charge in [-0.2, -0.15) is 5.10 Å². The number of fused-ring (bicyclic) bond motifs is 1. The normalized spacial score (nSPS) is 11.1. The second kappa shape index (κ2) is 10.4. The summed E-state index contributed by atoms with van der Waals surface area (Å²) < 4.78 is 12.3. The summed E-state index contributed by atoms with van der Waals surface area (Å²) in [5, 5.41) is 15.8. The average molecular weight is 610 g/mol. The number of nitro benzene ring substituents is 1. The minimum atomic E-state index is -0.621. The zero-order valence-electron chi connectivity index (χ0n) is 17.1. The lowest BCUT2D eigenvalue weighted by Crippen LogP contribution is -2.16. The lowest BCUT2D eigenvalue weighted by Gasteiger charge is -2.11. The Morgan fingerprint density at radius 1 is 1.12 bits per heavy atom. The Hall–Kier alpha value is -3.15. The van der Waals surface area contributed by atoms with E-state index in [9.17, 15) is 14.9 Å². The van der Waals surface area contributed by atoms with E-state index in [1.165, 1.54) is 30.5 Å². The number of amides is 1. The van der Waals surface area contributed by atoms with Crippen LogP contribution in [-0.2, 0) is 6.61 Å². The highest BCUT2D eigenvalue weighted by Crippen LogP contribution is 2.34. The molecule has 4 rings (SSSR count). The zero-order valence-corrected chi connectivity index (χ0v) is 20.8. The smallest absolute Gasteiger partial charge is 0.307 e. The molecule has 0 radical (unpaired) electrons. The number of hydrogen-bond donors (Lipinski definition) is 1. The molecule has 0 saturated heterocycles. The van der Waals surface area contributed by atoms with Crippen molar-refractivity contribution in [3.05, 3.63) is 101 Å². The van der Waals surface area contributed by atoms with E-state index in [-0.39, 0.29) is 11.4 Å². The van der Waals surface area contributed by atoms with Crippen LogP contribution in [0.5, 0.6) is 5.75 Å². The van der Waals surface area contributed by atoms with Crippen molar-refractivity contribution in [3.8, 4) is 5.75 Å². The number of nitro groups is 1. The first kappa shape index (κ1) is 24.0. The molecule has 1 amide bonds. The fraction of sp³-hybridized carbons (Fsp3) is 0.0435. The number of halogens is 3. The number of nitrogens with zero attached hydrogens (tertiary/aromatic N) is 2. The molecule has 3 aromatic carbocycles.